The number of nitrogens with one attached hydrogen (secondary N) is 1. The molecule has 0 amide bonds. The Morgan fingerprint density at radius 2 is 1.89 bits per heavy atom. The molecule has 3 N–H and O–H groups in total. The molecule has 1 aromatic carbocycles. The molecule has 2 aliphatic rings. The van der Waals surface area contributed by atoms with Crippen molar-refractivity contribution in [2.75, 3.05) is 39.8 Å². The van der Waals surface area contributed by atoms with E-state index in [1.165, 1.54) is 28.2 Å². The highest BCUT2D eigenvalue weighted by Crippen LogP contribution is 2.25. The van der Waals surface area contributed by atoms with Crippen LogP contribution in [-0.2, 0) is 13.0 Å². The van der Waals surface area contributed by atoms with Gasteiger partial charge < -0.3 is 25.8 Å². The van der Waals surface area contributed by atoms with Crippen molar-refractivity contribution in [1.82, 2.24) is 25.0 Å². The molecule has 2 unspecified atom stereocenters. The zero-order valence-corrected chi connectivity index (χ0v) is 23.8. The summed E-state index contributed by atoms with van der Waals surface area (Å²) in [6.07, 6.45) is 10.0. The predicted molar refractivity (Wildman–Crippen MR) is 158 cm³/mol. The largest absolute Gasteiger partial charge is 0.372 e. The second-order valence-electron chi connectivity index (χ2n) is 10.6. The molecule has 0 bridgehead atoms. The lowest BCUT2D eigenvalue weighted by Crippen LogP contribution is -2.43. The number of nitrogens with two attached hydrogens (primary N) is 1. The first-order valence-corrected chi connectivity index (χ1v) is 14.0. The zero-order chi connectivity index (χ0) is 27.1. The normalized spacial score (nSPS) is 19.3. The molecule has 3 heterocycles. The van der Waals surface area contributed by atoms with Gasteiger partial charge in [0.15, 0.2) is 0 Å². The number of piperazine rings is 1. The van der Waals surface area contributed by atoms with Crippen LogP contribution < -0.4 is 11.1 Å². The van der Waals surface area contributed by atoms with E-state index in [4.69, 9.17) is 10.7 Å². The molecule has 2 aliphatic heterocycles. The van der Waals surface area contributed by atoms with Crippen molar-refractivity contribution in [3.63, 3.8) is 0 Å². The van der Waals surface area contributed by atoms with E-state index in [2.05, 4.69) is 89.2 Å². The number of hydrogen-bond acceptors (Lipinski definition) is 7. The summed E-state index contributed by atoms with van der Waals surface area (Å²) in [6, 6.07) is 11.1. The van der Waals surface area contributed by atoms with Crippen LogP contribution in [0.2, 0.25) is 0 Å². The second kappa shape index (κ2) is 13.1. The molecule has 0 aliphatic carbocycles. The summed E-state index contributed by atoms with van der Waals surface area (Å²) in [5.74, 6) is 1.19. The maximum absolute atomic E-state index is 6.16. The lowest BCUT2D eigenvalue weighted by atomic mass is 9.95. The zero-order valence-electron chi connectivity index (χ0n) is 23.8. The minimum Gasteiger partial charge on any atom is -0.372 e. The molecule has 0 spiro atoms. The van der Waals surface area contributed by atoms with E-state index in [9.17, 15) is 0 Å². The lowest BCUT2D eigenvalue weighted by Gasteiger charge is -2.35. The highest BCUT2D eigenvalue weighted by atomic mass is 15.3. The van der Waals surface area contributed by atoms with E-state index in [-0.39, 0.29) is 12.2 Å². The maximum Gasteiger partial charge on any atom is 0.0979 e. The van der Waals surface area contributed by atoms with Crippen LogP contribution in [0.1, 0.15) is 62.4 Å². The maximum atomic E-state index is 6.16. The van der Waals surface area contributed by atoms with E-state index < -0.39 is 0 Å². The SMILES string of the molecule is CC/C=C(/NC(C)c1cccnc1)N1CCc2ccc(C(/C=C(\C)N3CCN(C)CC3)=N/C(C)N)cc2C1. The fraction of sp³-hybridized carbons (Fsp3) is 0.484. The van der Waals surface area contributed by atoms with E-state index in [1.54, 1.807) is 0 Å². The summed E-state index contributed by atoms with van der Waals surface area (Å²) in [5.41, 5.74) is 13.5. The lowest BCUT2D eigenvalue weighted by molar-refractivity contribution is 0.187. The minimum atomic E-state index is -0.258. The van der Waals surface area contributed by atoms with E-state index in [0.29, 0.717) is 0 Å². The van der Waals surface area contributed by atoms with Gasteiger partial charge in [-0.25, -0.2) is 0 Å². The van der Waals surface area contributed by atoms with Gasteiger partial charge in [-0.2, -0.15) is 0 Å². The Balaban J connectivity index is 1.55. The molecular weight excluding hydrogens is 470 g/mol. The van der Waals surface area contributed by atoms with Crippen LogP contribution in [0.25, 0.3) is 0 Å². The Labute approximate surface area is 229 Å². The van der Waals surface area contributed by atoms with Crippen molar-refractivity contribution in [2.24, 2.45) is 10.7 Å². The smallest absolute Gasteiger partial charge is 0.0979 e. The van der Waals surface area contributed by atoms with Gasteiger partial charge in [0, 0.05) is 62.9 Å². The highest BCUT2D eigenvalue weighted by molar-refractivity contribution is 6.09. The number of likely N-dealkylation sites (N-methyl/N-ethyl adjacent to an activating group) is 1. The summed E-state index contributed by atoms with van der Waals surface area (Å²) >= 11 is 0. The number of aromatic nitrogens is 1. The van der Waals surface area contributed by atoms with Gasteiger partial charge in [0.2, 0.25) is 0 Å². The van der Waals surface area contributed by atoms with Crippen molar-refractivity contribution < 1.29 is 0 Å². The van der Waals surface area contributed by atoms with Gasteiger partial charge in [-0.15, -0.1) is 0 Å². The number of nitrogens with zero attached hydrogens (tertiary/aromatic N) is 5. The first-order valence-electron chi connectivity index (χ1n) is 14.0. The van der Waals surface area contributed by atoms with Gasteiger partial charge in [0.1, 0.15) is 0 Å². The highest BCUT2D eigenvalue weighted by Gasteiger charge is 2.21. The predicted octanol–water partition coefficient (Wildman–Crippen LogP) is 4.29. The van der Waals surface area contributed by atoms with Crippen molar-refractivity contribution >= 4 is 5.71 Å². The van der Waals surface area contributed by atoms with Crippen LogP contribution in [0.5, 0.6) is 0 Å². The van der Waals surface area contributed by atoms with Crippen molar-refractivity contribution in [3.05, 3.63) is 88.6 Å². The summed E-state index contributed by atoms with van der Waals surface area (Å²) < 4.78 is 0. The Morgan fingerprint density at radius 1 is 1.11 bits per heavy atom. The number of rotatable bonds is 9. The number of benzene rings is 1. The Hall–Kier alpha value is -3.16. The Kier molecular flexibility index (Phi) is 9.58. The topological polar surface area (TPSA) is 73.0 Å². The molecule has 1 fully saturated rings. The summed E-state index contributed by atoms with van der Waals surface area (Å²) in [4.78, 5) is 16.4. The number of fused-ring (bicyclic) bond motifs is 1. The third-order valence-corrected chi connectivity index (χ3v) is 7.49. The first-order chi connectivity index (χ1) is 18.3. The standard InChI is InChI=1S/C31H45N7/c1-6-8-31(34-24(3)28-9-7-13-33-21-28)38-14-12-26-10-11-27(20-29(26)22-38)30(35-25(4)32)19-23(2)37-17-15-36(5)16-18-37/h7-11,13,19-21,24-25,34H,6,12,14-18,22,32H2,1-5H3/b23-19+,31-8-,35-30+. The van der Waals surface area contributed by atoms with Gasteiger partial charge in [-0.3, -0.25) is 9.98 Å². The Morgan fingerprint density at radius 3 is 2.58 bits per heavy atom. The van der Waals surface area contributed by atoms with Crippen LogP contribution in [0.4, 0.5) is 0 Å². The molecule has 1 aromatic heterocycles. The summed E-state index contributed by atoms with van der Waals surface area (Å²) in [7, 11) is 2.19. The van der Waals surface area contributed by atoms with Crippen molar-refractivity contribution in [2.45, 2.75) is 59.3 Å². The first kappa shape index (κ1) is 27.9. The molecule has 0 saturated carbocycles. The van der Waals surface area contributed by atoms with E-state index in [1.807, 2.05) is 25.4 Å². The molecule has 7 heteroatoms. The molecule has 0 radical (unpaired) electrons. The third kappa shape index (κ3) is 7.23. The van der Waals surface area contributed by atoms with Gasteiger partial charge >= 0.3 is 0 Å². The molecule has 2 aromatic rings. The van der Waals surface area contributed by atoms with Crippen molar-refractivity contribution in [3.8, 4) is 0 Å². The average molecular weight is 516 g/mol. The van der Waals surface area contributed by atoms with Gasteiger partial charge in [-0.1, -0.05) is 25.1 Å². The summed E-state index contributed by atoms with van der Waals surface area (Å²) in [5, 5.41) is 3.75. The molecule has 204 valence electrons. The minimum absolute atomic E-state index is 0.182. The van der Waals surface area contributed by atoms with Gasteiger partial charge in [-0.05, 0) is 81.6 Å². The average Bonchev–Trinajstić information content (AvgIpc) is 2.92. The number of hydrogen-bond donors (Lipinski definition) is 2. The van der Waals surface area contributed by atoms with Crippen LogP contribution in [0, 0.1) is 0 Å². The molecule has 38 heavy (non-hydrogen) atoms. The van der Waals surface area contributed by atoms with E-state index >= 15 is 0 Å². The summed E-state index contributed by atoms with van der Waals surface area (Å²) in [6.45, 7) is 14.6. The van der Waals surface area contributed by atoms with Crippen LogP contribution >= 0.6 is 0 Å². The fourth-order valence-electron chi connectivity index (χ4n) is 5.19. The number of pyridine rings is 1. The molecule has 1 saturated heterocycles. The quantitative estimate of drug-likeness (QED) is 0.486. The second-order valence-corrected chi connectivity index (χ2v) is 10.6. The monoisotopic (exact) mass is 515 g/mol. The Bertz CT molecular complexity index is 1140. The molecule has 7 nitrogen and oxygen atoms in total. The van der Waals surface area contributed by atoms with E-state index in [0.717, 1.165) is 63.4 Å². The fourth-order valence-corrected chi connectivity index (χ4v) is 5.19. The van der Waals surface area contributed by atoms with Gasteiger partial charge in [0.25, 0.3) is 0 Å². The van der Waals surface area contributed by atoms with Crippen LogP contribution in [-0.4, -0.2) is 71.3 Å². The van der Waals surface area contributed by atoms with Crippen LogP contribution in [0.3, 0.4) is 0 Å². The number of allylic oxidation sites excluding steroid dienone is 3. The molecular formula is C31H45N7. The third-order valence-electron chi connectivity index (χ3n) is 7.49. The van der Waals surface area contributed by atoms with Crippen molar-refractivity contribution in [1.29, 1.82) is 0 Å². The molecule has 4 rings (SSSR count). The molecule has 2 atom stereocenters. The number of aliphatic imine (C=N–C) groups is 1. The van der Waals surface area contributed by atoms with Crippen LogP contribution in [0.15, 0.2) is 71.4 Å². The van der Waals surface area contributed by atoms with Gasteiger partial charge in [0.05, 0.1) is 23.7 Å².